The van der Waals surface area contributed by atoms with E-state index in [1.165, 1.54) is 11.0 Å². The molecule has 0 atom stereocenters. The fourth-order valence-electron chi connectivity index (χ4n) is 1.62. The molecular formula is C10H14F3NO. The number of alkyl halides is 3. The van der Waals surface area contributed by atoms with Crippen LogP contribution in [0.2, 0.25) is 0 Å². The topological polar surface area (TPSA) is 20.3 Å². The van der Waals surface area contributed by atoms with Crippen LogP contribution in [-0.4, -0.2) is 29.4 Å². The molecule has 0 unspecified atom stereocenters. The minimum atomic E-state index is -4.23. The largest absolute Gasteiger partial charge is 0.405 e. The van der Waals surface area contributed by atoms with Gasteiger partial charge in [-0.3, -0.25) is 4.79 Å². The van der Waals surface area contributed by atoms with Gasteiger partial charge in [0.15, 0.2) is 5.78 Å². The van der Waals surface area contributed by atoms with E-state index in [4.69, 9.17) is 0 Å². The van der Waals surface area contributed by atoms with E-state index in [-0.39, 0.29) is 11.8 Å². The van der Waals surface area contributed by atoms with E-state index in [1.807, 2.05) is 0 Å². The minimum Gasteiger partial charge on any atom is -0.363 e. The fourth-order valence-corrected chi connectivity index (χ4v) is 1.62. The molecule has 0 amide bonds. The summed E-state index contributed by atoms with van der Waals surface area (Å²) >= 11 is 0. The Bertz CT molecular complexity index is 281. The lowest BCUT2D eigenvalue weighted by Crippen LogP contribution is -2.37. The second-order valence-corrected chi connectivity index (χ2v) is 3.94. The van der Waals surface area contributed by atoms with Crippen LogP contribution in [0.1, 0.15) is 26.7 Å². The first kappa shape index (κ1) is 12.1. The zero-order valence-corrected chi connectivity index (χ0v) is 8.77. The van der Waals surface area contributed by atoms with Crippen molar-refractivity contribution in [3.8, 4) is 0 Å². The number of halogens is 3. The van der Waals surface area contributed by atoms with Crippen molar-refractivity contribution in [1.29, 1.82) is 0 Å². The Morgan fingerprint density at radius 2 is 2.00 bits per heavy atom. The first-order valence-electron chi connectivity index (χ1n) is 4.86. The third kappa shape index (κ3) is 3.57. The molecule has 2 nitrogen and oxygen atoms in total. The van der Waals surface area contributed by atoms with Gasteiger partial charge < -0.3 is 4.90 Å². The van der Waals surface area contributed by atoms with Crippen molar-refractivity contribution in [2.24, 2.45) is 0 Å². The molecule has 0 aromatic heterocycles. The van der Waals surface area contributed by atoms with Gasteiger partial charge >= 0.3 is 6.18 Å². The Morgan fingerprint density at radius 3 is 2.33 bits per heavy atom. The third-order valence-electron chi connectivity index (χ3n) is 2.30. The molecule has 1 aliphatic carbocycles. The average molecular weight is 221 g/mol. The van der Waals surface area contributed by atoms with Gasteiger partial charge in [-0.15, -0.1) is 0 Å². The summed E-state index contributed by atoms with van der Waals surface area (Å²) in [6, 6.07) is -0.247. The van der Waals surface area contributed by atoms with Crippen LogP contribution in [0.5, 0.6) is 0 Å². The minimum absolute atomic E-state index is 0.0853. The van der Waals surface area contributed by atoms with E-state index in [2.05, 4.69) is 0 Å². The third-order valence-corrected chi connectivity index (χ3v) is 2.30. The molecular weight excluding hydrogens is 207 g/mol. The SMILES string of the molecule is CC(C)N(CC(F)(F)F)C1=CC(=O)CC1. The predicted octanol–water partition coefficient (Wildman–Crippen LogP) is 2.51. The van der Waals surface area contributed by atoms with Gasteiger partial charge in [-0.1, -0.05) is 0 Å². The Balaban J connectivity index is 2.75. The average Bonchev–Trinajstić information content (AvgIpc) is 2.45. The molecule has 0 saturated carbocycles. The summed E-state index contributed by atoms with van der Waals surface area (Å²) < 4.78 is 36.8. The van der Waals surface area contributed by atoms with Gasteiger partial charge in [0.1, 0.15) is 6.54 Å². The number of rotatable bonds is 3. The number of hydrogen-bond acceptors (Lipinski definition) is 2. The Kier molecular flexibility index (Phi) is 3.42. The molecule has 1 aliphatic rings. The van der Waals surface area contributed by atoms with Crippen molar-refractivity contribution in [3.05, 3.63) is 11.8 Å². The van der Waals surface area contributed by atoms with Crippen LogP contribution < -0.4 is 0 Å². The van der Waals surface area contributed by atoms with Crippen molar-refractivity contribution in [1.82, 2.24) is 4.90 Å². The number of carbonyl (C=O) groups is 1. The summed E-state index contributed by atoms with van der Waals surface area (Å²) in [5.41, 5.74) is 0.507. The van der Waals surface area contributed by atoms with Gasteiger partial charge in [0, 0.05) is 24.2 Å². The van der Waals surface area contributed by atoms with Crippen molar-refractivity contribution in [2.45, 2.75) is 38.9 Å². The predicted molar refractivity (Wildman–Crippen MR) is 50.2 cm³/mol. The lowest BCUT2D eigenvalue weighted by atomic mass is 10.2. The van der Waals surface area contributed by atoms with Gasteiger partial charge in [-0.2, -0.15) is 13.2 Å². The van der Waals surface area contributed by atoms with Crippen molar-refractivity contribution in [3.63, 3.8) is 0 Å². The van der Waals surface area contributed by atoms with Crippen LogP contribution in [-0.2, 0) is 4.79 Å². The molecule has 0 saturated heterocycles. The first-order valence-corrected chi connectivity index (χ1v) is 4.86. The van der Waals surface area contributed by atoms with Crippen LogP contribution in [0.4, 0.5) is 13.2 Å². The lowest BCUT2D eigenvalue weighted by molar-refractivity contribution is -0.145. The Hall–Kier alpha value is -1.00. The highest BCUT2D eigenvalue weighted by molar-refractivity contribution is 5.92. The molecule has 0 bridgehead atoms. The van der Waals surface area contributed by atoms with Crippen LogP contribution in [0, 0.1) is 0 Å². The molecule has 0 heterocycles. The monoisotopic (exact) mass is 221 g/mol. The van der Waals surface area contributed by atoms with Gasteiger partial charge in [-0.25, -0.2) is 0 Å². The van der Waals surface area contributed by atoms with Gasteiger partial charge in [-0.05, 0) is 20.3 Å². The maximum absolute atomic E-state index is 12.3. The van der Waals surface area contributed by atoms with Crippen LogP contribution in [0.3, 0.4) is 0 Å². The maximum Gasteiger partial charge on any atom is 0.405 e. The Labute approximate surface area is 86.7 Å². The molecule has 0 aliphatic heterocycles. The highest BCUT2D eigenvalue weighted by atomic mass is 19.4. The fraction of sp³-hybridized carbons (Fsp3) is 0.700. The van der Waals surface area contributed by atoms with E-state index in [0.717, 1.165) is 0 Å². The summed E-state index contributed by atoms with van der Waals surface area (Å²) in [7, 11) is 0. The number of nitrogens with zero attached hydrogens (tertiary/aromatic N) is 1. The van der Waals surface area contributed by atoms with Crippen molar-refractivity contribution >= 4 is 5.78 Å². The smallest absolute Gasteiger partial charge is 0.363 e. The summed E-state index contributed by atoms with van der Waals surface area (Å²) in [5.74, 6) is -0.0853. The molecule has 15 heavy (non-hydrogen) atoms. The highest BCUT2D eigenvalue weighted by Gasteiger charge is 2.33. The summed E-state index contributed by atoms with van der Waals surface area (Å²) in [6.07, 6.45) is -2.15. The number of ketones is 1. The normalized spacial score (nSPS) is 17.2. The van der Waals surface area contributed by atoms with E-state index >= 15 is 0 Å². The second-order valence-electron chi connectivity index (χ2n) is 3.94. The molecule has 0 spiro atoms. The van der Waals surface area contributed by atoms with E-state index in [0.29, 0.717) is 18.5 Å². The highest BCUT2D eigenvalue weighted by Crippen LogP contribution is 2.26. The first-order chi connectivity index (χ1) is 6.79. The van der Waals surface area contributed by atoms with Gasteiger partial charge in [0.25, 0.3) is 0 Å². The molecule has 86 valence electrons. The second kappa shape index (κ2) is 4.24. The molecule has 1 rings (SSSR count). The molecule has 0 N–H and O–H groups in total. The number of allylic oxidation sites excluding steroid dienone is 2. The summed E-state index contributed by atoms with van der Waals surface area (Å²) in [6.45, 7) is 2.40. The lowest BCUT2D eigenvalue weighted by Gasteiger charge is -2.30. The van der Waals surface area contributed by atoms with E-state index in [9.17, 15) is 18.0 Å². The standard InChI is InChI=1S/C10H14F3NO/c1-7(2)14(6-10(11,12)13)8-3-4-9(15)5-8/h5,7H,3-4,6H2,1-2H3. The van der Waals surface area contributed by atoms with Crippen LogP contribution >= 0.6 is 0 Å². The molecule has 0 aromatic carbocycles. The quantitative estimate of drug-likeness (QED) is 0.729. The number of hydrogen-bond donors (Lipinski definition) is 0. The summed E-state index contributed by atoms with van der Waals surface area (Å²) in [4.78, 5) is 12.2. The molecule has 0 aromatic rings. The van der Waals surface area contributed by atoms with Crippen LogP contribution in [0.15, 0.2) is 11.8 Å². The summed E-state index contributed by atoms with van der Waals surface area (Å²) in [5, 5.41) is 0. The Morgan fingerprint density at radius 1 is 1.40 bits per heavy atom. The number of carbonyl (C=O) groups excluding carboxylic acids is 1. The van der Waals surface area contributed by atoms with E-state index < -0.39 is 12.7 Å². The van der Waals surface area contributed by atoms with Crippen molar-refractivity contribution in [2.75, 3.05) is 6.54 Å². The maximum atomic E-state index is 12.3. The zero-order chi connectivity index (χ0) is 11.6. The van der Waals surface area contributed by atoms with Gasteiger partial charge in [0.2, 0.25) is 0 Å². The van der Waals surface area contributed by atoms with Gasteiger partial charge in [0.05, 0.1) is 0 Å². The molecule has 0 fully saturated rings. The zero-order valence-electron chi connectivity index (χ0n) is 8.77. The van der Waals surface area contributed by atoms with E-state index in [1.54, 1.807) is 13.8 Å². The van der Waals surface area contributed by atoms with Crippen molar-refractivity contribution < 1.29 is 18.0 Å². The molecule has 0 radical (unpaired) electrons. The van der Waals surface area contributed by atoms with Crippen LogP contribution in [0.25, 0.3) is 0 Å². The molecule has 5 heteroatoms.